The molecule has 0 amide bonds. The number of rotatable bonds is 3. The molecule has 0 fully saturated rings. The highest BCUT2D eigenvalue weighted by Gasteiger charge is 2.42. The summed E-state index contributed by atoms with van der Waals surface area (Å²) in [5.74, 6) is 1.14. The maximum Gasteiger partial charge on any atom is 0.214 e. The van der Waals surface area contributed by atoms with E-state index < -0.39 is 6.23 Å². The van der Waals surface area contributed by atoms with Crippen molar-refractivity contribution in [1.29, 1.82) is 0 Å². The maximum atomic E-state index is 13.5. The Hall–Kier alpha value is -3.34. The van der Waals surface area contributed by atoms with Crippen LogP contribution in [0.5, 0.6) is 11.5 Å². The molecule has 0 bridgehead atoms. The van der Waals surface area contributed by atoms with E-state index >= 15 is 0 Å². The Labute approximate surface area is 162 Å². The minimum Gasteiger partial charge on any atom is -0.493 e. The molecule has 5 heteroatoms. The van der Waals surface area contributed by atoms with Gasteiger partial charge in [0.1, 0.15) is 5.82 Å². The van der Waals surface area contributed by atoms with Crippen LogP contribution >= 0.6 is 0 Å². The molecule has 0 aromatic heterocycles. The van der Waals surface area contributed by atoms with Crippen LogP contribution in [-0.2, 0) is 0 Å². The average molecular weight is 374 g/mol. The SMILES string of the molecule is COc1cccc2c1O[C@H](c1ccc(F)cc1)N1N=C(c3ccccc3)C[C@@H]21. The van der Waals surface area contributed by atoms with E-state index in [0.29, 0.717) is 5.75 Å². The molecule has 5 rings (SSSR count). The van der Waals surface area contributed by atoms with E-state index in [-0.39, 0.29) is 11.9 Å². The first-order valence-corrected chi connectivity index (χ1v) is 9.25. The van der Waals surface area contributed by atoms with E-state index in [1.54, 1.807) is 19.2 Å². The molecule has 0 radical (unpaired) electrons. The van der Waals surface area contributed by atoms with Crippen LogP contribution in [0.25, 0.3) is 0 Å². The quantitative estimate of drug-likeness (QED) is 0.641. The normalized spacial score (nSPS) is 20.1. The number of fused-ring (bicyclic) bond motifs is 3. The average Bonchev–Trinajstić information content (AvgIpc) is 3.20. The van der Waals surface area contributed by atoms with Crippen molar-refractivity contribution in [1.82, 2.24) is 5.01 Å². The molecule has 140 valence electrons. The summed E-state index contributed by atoms with van der Waals surface area (Å²) in [4.78, 5) is 0. The predicted octanol–water partition coefficient (Wildman–Crippen LogP) is 5.08. The van der Waals surface area contributed by atoms with Crippen molar-refractivity contribution < 1.29 is 13.9 Å². The van der Waals surface area contributed by atoms with Gasteiger partial charge in [-0.15, -0.1) is 0 Å². The molecule has 2 aliphatic rings. The van der Waals surface area contributed by atoms with E-state index in [4.69, 9.17) is 14.6 Å². The first kappa shape index (κ1) is 16.8. The number of methoxy groups -OCH3 is 1. The van der Waals surface area contributed by atoms with Crippen molar-refractivity contribution in [3.05, 3.63) is 95.3 Å². The molecule has 3 aromatic rings. The van der Waals surface area contributed by atoms with Crippen LogP contribution in [0.3, 0.4) is 0 Å². The van der Waals surface area contributed by atoms with Crippen LogP contribution < -0.4 is 9.47 Å². The molecule has 0 spiro atoms. The van der Waals surface area contributed by atoms with Crippen molar-refractivity contribution in [3.8, 4) is 11.5 Å². The number of para-hydroxylation sites is 1. The maximum absolute atomic E-state index is 13.5. The zero-order valence-electron chi connectivity index (χ0n) is 15.4. The number of hydrazone groups is 1. The van der Waals surface area contributed by atoms with Crippen molar-refractivity contribution in [2.45, 2.75) is 18.7 Å². The van der Waals surface area contributed by atoms with Gasteiger partial charge < -0.3 is 9.47 Å². The smallest absolute Gasteiger partial charge is 0.214 e. The summed E-state index contributed by atoms with van der Waals surface area (Å²) in [5, 5.41) is 6.89. The summed E-state index contributed by atoms with van der Waals surface area (Å²) in [6.45, 7) is 0. The first-order valence-electron chi connectivity index (χ1n) is 9.25. The lowest BCUT2D eigenvalue weighted by Gasteiger charge is -2.38. The lowest BCUT2D eigenvalue weighted by atomic mass is 9.95. The van der Waals surface area contributed by atoms with E-state index in [9.17, 15) is 4.39 Å². The van der Waals surface area contributed by atoms with Gasteiger partial charge in [0, 0.05) is 17.5 Å². The molecule has 0 saturated carbocycles. The number of hydrogen-bond donors (Lipinski definition) is 0. The molecule has 2 atom stereocenters. The van der Waals surface area contributed by atoms with Gasteiger partial charge in [-0.1, -0.05) is 54.6 Å². The van der Waals surface area contributed by atoms with Crippen molar-refractivity contribution >= 4 is 5.71 Å². The van der Waals surface area contributed by atoms with Crippen LogP contribution in [0, 0.1) is 5.82 Å². The van der Waals surface area contributed by atoms with Gasteiger partial charge in [-0.3, -0.25) is 0 Å². The third-order valence-corrected chi connectivity index (χ3v) is 5.26. The molecule has 2 heterocycles. The number of halogens is 1. The van der Waals surface area contributed by atoms with E-state index in [1.807, 2.05) is 35.3 Å². The molecule has 3 aromatic carbocycles. The number of benzene rings is 3. The Kier molecular flexibility index (Phi) is 4.01. The summed E-state index contributed by atoms with van der Waals surface area (Å²) in [7, 11) is 1.64. The highest BCUT2D eigenvalue weighted by Crippen LogP contribution is 2.50. The van der Waals surface area contributed by atoms with Gasteiger partial charge >= 0.3 is 0 Å². The minimum atomic E-state index is -0.449. The molecule has 0 N–H and O–H groups in total. The van der Waals surface area contributed by atoms with Gasteiger partial charge in [-0.2, -0.15) is 5.10 Å². The lowest BCUT2D eigenvalue weighted by molar-refractivity contribution is -0.0209. The number of nitrogens with zero attached hydrogens (tertiary/aromatic N) is 2. The molecule has 4 nitrogen and oxygen atoms in total. The molecular weight excluding hydrogens is 355 g/mol. The Balaban J connectivity index is 1.62. The van der Waals surface area contributed by atoms with Gasteiger partial charge in [-0.05, 0) is 23.8 Å². The highest BCUT2D eigenvalue weighted by molar-refractivity contribution is 6.01. The fraction of sp³-hybridized carbons (Fsp3) is 0.174. The molecular formula is C23H19FN2O2. The van der Waals surface area contributed by atoms with Crippen LogP contribution in [0.15, 0.2) is 77.9 Å². The largest absolute Gasteiger partial charge is 0.493 e. The zero-order chi connectivity index (χ0) is 19.1. The van der Waals surface area contributed by atoms with E-state index in [0.717, 1.165) is 34.6 Å². The van der Waals surface area contributed by atoms with Gasteiger partial charge in [0.2, 0.25) is 6.23 Å². The minimum absolute atomic E-state index is 0.0316. The van der Waals surface area contributed by atoms with Crippen LogP contribution in [0.2, 0.25) is 0 Å². The fourth-order valence-electron chi connectivity index (χ4n) is 3.90. The molecule has 2 aliphatic heterocycles. The third kappa shape index (κ3) is 2.71. The second kappa shape index (κ2) is 6.68. The predicted molar refractivity (Wildman–Crippen MR) is 105 cm³/mol. The molecule has 0 unspecified atom stereocenters. The van der Waals surface area contributed by atoms with Crippen molar-refractivity contribution in [2.75, 3.05) is 7.11 Å². The second-order valence-corrected chi connectivity index (χ2v) is 6.91. The van der Waals surface area contributed by atoms with E-state index in [2.05, 4.69) is 18.2 Å². The van der Waals surface area contributed by atoms with Gasteiger partial charge in [0.05, 0.1) is 18.9 Å². The standard InChI is InChI=1S/C23H19FN2O2/c1-27-21-9-5-8-18-20-14-19(15-6-3-2-4-7-15)25-26(20)23(28-22(18)21)16-10-12-17(24)13-11-16/h2-13,20,23H,14H2,1H3/t20-,23+/m0/s1. The summed E-state index contributed by atoms with van der Waals surface area (Å²) in [6.07, 6.45) is 0.321. The molecule has 0 saturated heterocycles. The first-order chi connectivity index (χ1) is 13.7. The lowest BCUT2D eigenvalue weighted by Crippen LogP contribution is -2.33. The Morgan fingerprint density at radius 3 is 2.54 bits per heavy atom. The van der Waals surface area contributed by atoms with Crippen LogP contribution in [0.4, 0.5) is 4.39 Å². The zero-order valence-corrected chi connectivity index (χ0v) is 15.4. The third-order valence-electron chi connectivity index (χ3n) is 5.26. The highest BCUT2D eigenvalue weighted by atomic mass is 19.1. The van der Waals surface area contributed by atoms with Gasteiger partial charge in [0.15, 0.2) is 11.5 Å². The molecule has 0 aliphatic carbocycles. The number of ether oxygens (including phenoxy) is 2. The van der Waals surface area contributed by atoms with E-state index in [1.165, 1.54) is 12.1 Å². The second-order valence-electron chi connectivity index (χ2n) is 6.91. The van der Waals surface area contributed by atoms with Crippen LogP contribution in [0.1, 0.15) is 35.4 Å². The van der Waals surface area contributed by atoms with Crippen molar-refractivity contribution in [3.63, 3.8) is 0 Å². The fourth-order valence-corrected chi connectivity index (χ4v) is 3.90. The van der Waals surface area contributed by atoms with Gasteiger partial charge in [-0.25, -0.2) is 9.40 Å². The van der Waals surface area contributed by atoms with Gasteiger partial charge in [0.25, 0.3) is 0 Å². The van der Waals surface area contributed by atoms with Crippen LogP contribution in [-0.4, -0.2) is 17.8 Å². The molecule has 28 heavy (non-hydrogen) atoms. The Morgan fingerprint density at radius 1 is 1.00 bits per heavy atom. The topological polar surface area (TPSA) is 34.1 Å². The summed E-state index contributed by atoms with van der Waals surface area (Å²) >= 11 is 0. The monoisotopic (exact) mass is 374 g/mol. The summed E-state index contributed by atoms with van der Waals surface area (Å²) in [6, 6.07) is 22.5. The summed E-state index contributed by atoms with van der Waals surface area (Å²) in [5.41, 5.74) is 4.00. The van der Waals surface area contributed by atoms with Crippen molar-refractivity contribution in [2.24, 2.45) is 5.10 Å². The Morgan fingerprint density at radius 2 is 1.79 bits per heavy atom. The summed E-state index contributed by atoms with van der Waals surface area (Å²) < 4.78 is 25.3. The Bertz CT molecular complexity index is 1030. The number of hydrogen-bond acceptors (Lipinski definition) is 4.